The van der Waals surface area contributed by atoms with Crippen molar-refractivity contribution in [2.75, 3.05) is 24.6 Å². The van der Waals surface area contributed by atoms with Crippen LogP contribution in [0.15, 0.2) is 18.2 Å². The van der Waals surface area contributed by atoms with Gasteiger partial charge in [-0.3, -0.25) is 14.5 Å². The average molecular weight is 269 g/mol. The van der Waals surface area contributed by atoms with E-state index in [4.69, 9.17) is 11.1 Å². The summed E-state index contributed by atoms with van der Waals surface area (Å²) in [6.07, 6.45) is 0. The second kappa shape index (κ2) is 5.58. The summed E-state index contributed by atoms with van der Waals surface area (Å²) in [4.78, 5) is 2.15. The van der Waals surface area contributed by atoms with Crippen LogP contribution in [-0.4, -0.2) is 39.5 Å². The van der Waals surface area contributed by atoms with E-state index in [2.05, 4.69) is 4.90 Å². The summed E-state index contributed by atoms with van der Waals surface area (Å²) in [5.41, 5.74) is 6.75. The summed E-state index contributed by atoms with van der Waals surface area (Å²) in [7, 11) is -0.705. The van der Waals surface area contributed by atoms with Gasteiger partial charge in [0.1, 0.15) is 11.7 Å². The van der Waals surface area contributed by atoms with Crippen LogP contribution < -0.4 is 5.73 Å². The first kappa shape index (κ1) is 13.2. The van der Waals surface area contributed by atoms with Crippen molar-refractivity contribution in [1.82, 2.24) is 4.90 Å². The molecule has 18 heavy (non-hydrogen) atoms. The fourth-order valence-electron chi connectivity index (χ4n) is 2.01. The number of halogens is 1. The third-order valence-corrected chi connectivity index (χ3v) is 4.30. The molecule has 0 amide bonds. The normalized spacial score (nSPS) is 17.8. The Morgan fingerprint density at radius 3 is 2.72 bits per heavy atom. The zero-order valence-corrected chi connectivity index (χ0v) is 10.8. The van der Waals surface area contributed by atoms with Gasteiger partial charge in [0, 0.05) is 47.5 Å². The highest BCUT2D eigenvalue weighted by Crippen LogP contribution is 2.14. The summed E-state index contributed by atoms with van der Waals surface area (Å²) in [5, 5.41) is 7.47. The van der Waals surface area contributed by atoms with Gasteiger partial charge in [0.05, 0.1) is 0 Å². The van der Waals surface area contributed by atoms with E-state index >= 15 is 0 Å². The van der Waals surface area contributed by atoms with Crippen molar-refractivity contribution in [3.05, 3.63) is 35.1 Å². The van der Waals surface area contributed by atoms with Crippen molar-refractivity contribution in [2.24, 2.45) is 5.73 Å². The standard InChI is InChI=1S/C12H16FN3OS/c13-10-2-1-9(11(7-10)12(14)15)8-16-3-5-18(17)6-4-16/h1-2,7H,3-6,8H2,(H3,14,15). The monoisotopic (exact) mass is 269 g/mol. The smallest absolute Gasteiger partial charge is 0.123 e. The first-order valence-corrected chi connectivity index (χ1v) is 7.25. The Balaban J connectivity index is 2.13. The lowest BCUT2D eigenvalue weighted by atomic mass is 10.1. The number of nitrogens with zero attached hydrogens (tertiary/aromatic N) is 1. The van der Waals surface area contributed by atoms with Gasteiger partial charge in [-0.15, -0.1) is 0 Å². The fourth-order valence-corrected chi connectivity index (χ4v) is 3.14. The molecule has 1 aliphatic heterocycles. The van der Waals surface area contributed by atoms with E-state index in [1.165, 1.54) is 12.1 Å². The number of hydrogen-bond acceptors (Lipinski definition) is 3. The van der Waals surface area contributed by atoms with Crippen molar-refractivity contribution < 1.29 is 8.60 Å². The molecule has 3 N–H and O–H groups in total. The molecule has 1 aromatic rings. The van der Waals surface area contributed by atoms with Crippen molar-refractivity contribution in [3.63, 3.8) is 0 Å². The van der Waals surface area contributed by atoms with E-state index in [0.717, 1.165) is 18.7 Å². The van der Waals surface area contributed by atoms with E-state index < -0.39 is 10.8 Å². The topological polar surface area (TPSA) is 70.2 Å². The Bertz CT molecular complexity index is 482. The van der Waals surface area contributed by atoms with Crippen molar-refractivity contribution in [1.29, 1.82) is 5.41 Å². The second-order valence-electron chi connectivity index (χ2n) is 4.34. The first-order chi connectivity index (χ1) is 8.56. The van der Waals surface area contributed by atoms with Gasteiger partial charge >= 0.3 is 0 Å². The van der Waals surface area contributed by atoms with E-state index in [-0.39, 0.29) is 11.7 Å². The highest BCUT2D eigenvalue weighted by Gasteiger charge is 2.17. The molecule has 1 fully saturated rings. The molecule has 0 atom stereocenters. The van der Waals surface area contributed by atoms with Gasteiger partial charge < -0.3 is 5.73 Å². The molecule has 1 aliphatic rings. The molecule has 0 unspecified atom stereocenters. The van der Waals surface area contributed by atoms with Crippen LogP contribution in [0.3, 0.4) is 0 Å². The number of amidine groups is 1. The molecule has 1 heterocycles. The highest BCUT2D eigenvalue weighted by molar-refractivity contribution is 7.85. The lowest BCUT2D eigenvalue weighted by Crippen LogP contribution is -2.37. The maximum atomic E-state index is 13.1. The minimum atomic E-state index is -0.705. The summed E-state index contributed by atoms with van der Waals surface area (Å²) >= 11 is 0. The van der Waals surface area contributed by atoms with Crippen LogP contribution in [0.4, 0.5) is 4.39 Å². The molecule has 2 rings (SSSR count). The summed E-state index contributed by atoms with van der Waals surface area (Å²) < 4.78 is 24.4. The molecule has 0 spiro atoms. The predicted molar refractivity (Wildman–Crippen MR) is 70.6 cm³/mol. The van der Waals surface area contributed by atoms with Crippen molar-refractivity contribution in [3.8, 4) is 0 Å². The highest BCUT2D eigenvalue weighted by atomic mass is 32.2. The number of benzene rings is 1. The predicted octanol–water partition coefficient (Wildman–Crippen LogP) is 0.674. The molecule has 6 heteroatoms. The van der Waals surface area contributed by atoms with Gasteiger partial charge in [-0.05, 0) is 17.7 Å². The van der Waals surface area contributed by atoms with Gasteiger partial charge in [-0.1, -0.05) is 6.07 Å². The van der Waals surface area contributed by atoms with Gasteiger partial charge in [0.25, 0.3) is 0 Å². The molecule has 1 saturated heterocycles. The minimum absolute atomic E-state index is 0.120. The largest absolute Gasteiger partial charge is 0.384 e. The Morgan fingerprint density at radius 2 is 2.11 bits per heavy atom. The zero-order chi connectivity index (χ0) is 13.1. The van der Waals surface area contributed by atoms with E-state index in [1.807, 2.05) is 0 Å². The maximum absolute atomic E-state index is 13.1. The lowest BCUT2D eigenvalue weighted by molar-refractivity contribution is 0.291. The molecule has 0 saturated carbocycles. The Hall–Kier alpha value is -1.27. The lowest BCUT2D eigenvalue weighted by Gasteiger charge is -2.26. The molecule has 0 aromatic heterocycles. The van der Waals surface area contributed by atoms with Gasteiger partial charge in [0.2, 0.25) is 0 Å². The summed E-state index contributed by atoms with van der Waals surface area (Å²) in [6, 6.07) is 4.33. The third-order valence-electron chi connectivity index (χ3n) is 3.03. The number of nitrogen functional groups attached to an aromatic ring is 1. The SMILES string of the molecule is N=C(N)c1cc(F)ccc1CN1CCS(=O)CC1. The van der Waals surface area contributed by atoms with Crippen molar-refractivity contribution >= 4 is 16.6 Å². The summed E-state index contributed by atoms with van der Waals surface area (Å²) in [6.45, 7) is 2.15. The number of rotatable bonds is 3. The molecule has 98 valence electrons. The second-order valence-corrected chi connectivity index (χ2v) is 6.04. The molecular formula is C12H16FN3OS. The molecule has 0 radical (unpaired) electrons. The Kier molecular flexibility index (Phi) is 4.08. The van der Waals surface area contributed by atoms with Gasteiger partial charge in [0.15, 0.2) is 0 Å². The van der Waals surface area contributed by atoms with Crippen LogP contribution in [0.5, 0.6) is 0 Å². The maximum Gasteiger partial charge on any atom is 0.123 e. The Morgan fingerprint density at radius 1 is 1.44 bits per heavy atom. The van der Waals surface area contributed by atoms with Gasteiger partial charge in [-0.2, -0.15) is 0 Å². The van der Waals surface area contributed by atoms with Crippen LogP contribution in [0.25, 0.3) is 0 Å². The third kappa shape index (κ3) is 3.14. The van der Waals surface area contributed by atoms with E-state index in [9.17, 15) is 8.60 Å². The van der Waals surface area contributed by atoms with Crippen LogP contribution >= 0.6 is 0 Å². The Labute approximate surface area is 108 Å². The number of nitrogens with one attached hydrogen (secondary N) is 1. The fraction of sp³-hybridized carbons (Fsp3) is 0.417. The molecule has 0 bridgehead atoms. The van der Waals surface area contributed by atoms with Crippen LogP contribution in [-0.2, 0) is 17.3 Å². The van der Waals surface area contributed by atoms with Crippen LogP contribution in [0.2, 0.25) is 0 Å². The molecule has 0 aliphatic carbocycles. The number of nitrogens with two attached hydrogens (primary N) is 1. The number of hydrogen-bond donors (Lipinski definition) is 2. The van der Waals surface area contributed by atoms with E-state index in [0.29, 0.717) is 23.6 Å². The molecule has 1 aromatic carbocycles. The van der Waals surface area contributed by atoms with Crippen LogP contribution in [0, 0.1) is 11.2 Å². The summed E-state index contributed by atoms with van der Waals surface area (Å²) in [5.74, 6) is 0.849. The average Bonchev–Trinajstić information content (AvgIpc) is 2.34. The molecular weight excluding hydrogens is 253 g/mol. The van der Waals surface area contributed by atoms with E-state index in [1.54, 1.807) is 6.07 Å². The first-order valence-electron chi connectivity index (χ1n) is 5.76. The van der Waals surface area contributed by atoms with Crippen molar-refractivity contribution in [2.45, 2.75) is 6.54 Å². The molecule has 4 nitrogen and oxygen atoms in total. The quantitative estimate of drug-likeness (QED) is 0.626. The van der Waals surface area contributed by atoms with Gasteiger partial charge in [-0.25, -0.2) is 4.39 Å². The minimum Gasteiger partial charge on any atom is -0.384 e. The zero-order valence-electron chi connectivity index (χ0n) is 9.99. The van der Waals surface area contributed by atoms with Crippen LogP contribution in [0.1, 0.15) is 11.1 Å².